The van der Waals surface area contributed by atoms with Crippen LogP contribution in [0.1, 0.15) is 15.9 Å². The smallest absolute Gasteiger partial charge is 0.341 e. The van der Waals surface area contributed by atoms with Crippen molar-refractivity contribution in [2.45, 2.75) is 6.92 Å². The molecule has 5 rings (SSSR count). The van der Waals surface area contributed by atoms with E-state index in [1.807, 2.05) is 24.3 Å². The monoisotopic (exact) mass is 644 g/mol. The van der Waals surface area contributed by atoms with Crippen molar-refractivity contribution in [2.24, 2.45) is 30.7 Å². The molecule has 0 unspecified atom stereocenters. The molecule has 0 aromatic heterocycles. The normalized spacial score (nSPS) is 11.4. The van der Waals surface area contributed by atoms with Crippen LogP contribution in [-0.4, -0.2) is 33.9 Å². The number of carboxylic acids is 2. The molecule has 5 aromatic carbocycles. The summed E-state index contributed by atoms with van der Waals surface area (Å²) >= 11 is 0. The SMILES string of the molecule is Cc1cc(N=Nc2ccc(-c3ccc(N=Nc4ccc(O)c(C(=O)O)c4)cc3)cc2)c(N)c(N=Nc2cccc(OCC(=O)O)c2)c1N. The van der Waals surface area contributed by atoms with Crippen molar-refractivity contribution in [1.82, 2.24) is 0 Å². The van der Waals surface area contributed by atoms with Crippen molar-refractivity contribution < 1.29 is 29.6 Å². The van der Waals surface area contributed by atoms with Gasteiger partial charge in [0.15, 0.2) is 6.61 Å². The van der Waals surface area contributed by atoms with Crippen LogP contribution in [0, 0.1) is 6.92 Å². The first-order valence-corrected chi connectivity index (χ1v) is 14.2. The highest BCUT2D eigenvalue weighted by Gasteiger charge is 2.13. The van der Waals surface area contributed by atoms with E-state index >= 15 is 0 Å². The van der Waals surface area contributed by atoms with Crippen molar-refractivity contribution >= 4 is 57.4 Å². The number of aliphatic carboxylic acids is 1. The van der Waals surface area contributed by atoms with Gasteiger partial charge in [-0.05, 0) is 84.3 Å². The van der Waals surface area contributed by atoms with Crippen molar-refractivity contribution in [2.75, 3.05) is 18.1 Å². The minimum Gasteiger partial charge on any atom is -0.507 e. The fourth-order valence-electron chi connectivity index (χ4n) is 4.32. The van der Waals surface area contributed by atoms with Crippen molar-refractivity contribution in [3.63, 3.8) is 0 Å². The molecule has 0 atom stereocenters. The lowest BCUT2D eigenvalue weighted by atomic mass is 10.1. The Morgan fingerprint density at radius 3 is 1.85 bits per heavy atom. The number of anilines is 2. The molecule has 7 N–H and O–H groups in total. The molecule has 0 saturated carbocycles. The molecular formula is C34H28N8O6. The number of nitrogen functional groups attached to an aromatic ring is 2. The van der Waals surface area contributed by atoms with Gasteiger partial charge in [-0.25, -0.2) is 9.59 Å². The number of aromatic hydroxyl groups is 1. The van der Waals surface area contributed by atoms with Gasteiger partial charge in [-0.2, -0.15) is 20.5 Å². The van der Waals surface area contributed by atoms with Crippen LogP contribution in [0.4, 0.5) is 45.5 Å². The largest absolute Gasteiger partial charge is 0.507 e. The highest BCUT2D eigenvalue weighted by Crippen LogP contribution is 2.41. The van der Waals surface area contributed by atoms with Gasteiger partial charge in [0.25, 0.3) is 0 Å². The number of ether oxygens (including phenoxy) is 1. The maximum atomic E-state index is 11.2. The van der Waals surface area contributed by atoms with Gasteiger partial charge in [0.05, 0.1) is 34.1 Å². The molecule has 0 saturated heterocycles. The summed E-state index contributed by atoms with van der Waals surface area (Å²) in [5.74, 6) is -2.38. The van der Waals surface area contributed by atoms with Gasteiger partial charge in [0, 0.05) is 6.07 Å². The molecule has 48 heavy (non-hydrogen) atoms. The number of hydrogen-bond donors (Lipinski definition) is 5. The summed E-state index contributed by atoms with van der Waals surface area (Å²) in [6.45, 7) is 1.30. The molecule has 0 amide bonds. The summed E-state index contributed by atoms with van der Waals surface area (Å²) in [5, 5.41) is 52.9. The second kappa shape index (κ2) is 14.4. The van der Waals surface area contributed by atoms with E-state index in [9.17, 15) is 14.7 Å². The Morgan fingerprint density at radius 1 is 0.667 bits per heavy atom. The zero-order valence-electron chi connectivity index (χ0n) is 25.3. The number of phenols is 1. The molecule has 0 aliphatic heterocycles. The molecule has 0 bridgehead atoms. The second-order valence-electron chi connectivity index (χ2n) is 10.3. The van der Waals surface area contributed by atoms with Crippen LogP contribution in [0.2, 0.25) is 0 Å². The van der Waals surface area contributed by atoms with E-state index in [-0.39, 0.29) is 22.7 Å². The van der Waals surface area contributed by atoms with E-state index in [0.29, 0.717) is 45.4 Å². The van der Waals surface area contributed by atoms with Gasteiger partial charge >= 0.3 is 11.9 Å². The molecule has 240 valence electrons. The first-order valence-electron chi connectivity index (χ1n) is 14.2. The summed E-state index contributed by atoms with van der Waals surface area (Å²) in [6, 6.07) is 26.8. The Kier molecular flexibility index (Phi) is 9.75. The number of aromatic carboxylic acids is 1. The van der Waals surface area contributed by atoms with Crippen molar-refractivity contribution in [3.05, 3.63) is 108 Å². The number of azo groups is 3. The van der Waals surface area contributed by atoms with E-state index in [1.54, 1.807) is 55.5 Å². The molecule has 0 spiro atoms. The molecule has 14 nitrogen and oxygen atoms in total. The highest BCUT2D eigenvalue weighted by atomic mass is 16.5. The Labute approximate surface area is 273 Å². The van der Waals surface area contributed by atoms with Gasteiger partial charge in [-0.15, -0.1) is 10.2 Å². The fraction of sp³-hybridized carbons (Fsp3) is 0.0588. The second-order valence-corrected chi connectivity index (χ2v) is 10.3. The molecule has 0 heterocycles. The number of hydrogen-bond acceptors (Lipinski definition) is 12. The molecule has 0 fully saturated rings. The van der Waals surface area contributed by atoms with E-state index in [0.717, 1.165) is 11.1 Å². The van der Waals surface area contributed by atoms with Crippen LogP contribution >= 0.6 is 0 Å². The number of carboxylic acid groups (broad SMARTS) is 2. The number of nitrogens with two attached hydrogens (primary N) is 2. The maximum absolute atomic E-state index is 11.2. The van der Waals surface area contributed by atoms with Crippen LogP contribution in [0.15, 0.2) is 128 Å². The maximum Gasteiger partial charge on any atom is 0.341 e. The van der Waals surface area contributed by atoms with Gasteiger partial charge < -0.3 is 31.5 Å². The minimum atomic E-state index is -1.26. The van der Waals surface area contributed by atoms with Crippen molar-refractivity contribution in [1.29, 1.82) is 0 Å². The molecular weight excluding hydrogens is 616 g/mol. The number of aryl methyl sites for hydroxylation is 1. The predicted octanol–water partition coefficient (Wildman–Crippen LogP) is 8.94. The van der Waals surface area contributed by atoms with Gasteiger partial charge in [-0.3, -0.25) is 0 Å². The van der Waals surface area contributed by atoms with Crippen LogP contribution in [-0.2, 0) is 4.79 Å². The zero-order chi connectivity index (χ0) is 34.2. The van der Waals surface area contributed by atoms with Crippen LogP contribution < -0.4 is 16.2 Å². The first kappa shape index (κ1) is 32.4. The Bertz CT molecular complexity index is 2080. The first-order chi connectivity index (χ1) is 23.1. The number of nitrogens with zero attached hydrogens (tertiary/aromatic N) is 6. The molecule has 0 aliphatic carbocycles. The summed E-state index contributed by atoms with van der Waals surface area (Å²) < 4.78 is 5.19. The third kappa shape index (κ3) is 8.00. The number of carbonyl (C=O) groups is 2. The lowest BCUT2D eigenvalue weighted by Crippen LogP contribution is -2.09. The van der Waals surface area contributed by atoms with Crippen LogP contribution in [0.5, 0.6) is 11.5 Å². The third-order valence-electron chi connectivity index (χ3n) is 6.84. The predicted molar refractivity (Wildman–Crippen MR) is 179 cm³/mol. The Morgan fingerprint density at radius 2 is 1.23 bits per heavy atom. The minimum absolute atomic E-state index is 0.186. The summed E-state index contributed by atoms with van der Waals surface area (Å²) in [6.07, 6.45) is 0. The van der Waals surface area contributed by atoms with Crippen LogP contribution in [0.25, 0.3) is 11.1 Å². The average Bonchev–Trinajstić information content (AvgIpc) is 3.08. The lowest BCUT2D eigenvalue weighted by molar-refractivity contribution is -0.139. The van der Waals surface area contributed by atoms with Gasteiger partial charge in [0.1, 0.15) is 28.4 Å². The van der Waals surface area contributed by atoms with Crippen molar-refractivity contribution in [3.8, 4) is 22.6 Å². The van der Waals surface area contributed by atoms with E-state index in [4.69, 9.17) is 26.4 Å². The standard InChI is InChI=1S/C34H28N8O6/c1-19-15-28(32(36)33(31(19)35)42-40-24-3-2-4-26(16-24)48-18-30(44)45)41-38-23-11-7-21(8-12-23)20-5-9-22(10-6-20)37-39-25-13-14-29(43)27(17-25)34(46)47/h2-17,43H,18,35-36H2,1H3,(H,44,45)(H,46,47). The molecule has 14 heteroatoms. The Hall–Kier alpha value is -6.96. The van der Waals surface area contributed by atoms with Gasteiger partial charge in [-0.1, -0.05) is 30.3 Å². The highest BCUT2D eigenvalue weighted by molar-refractivity contribution is 5.91. The molecule has 0 radical (unpaired) electrons. The van der Waals surface area contributed by atoms with Crippen LogP contribution in [0.3, 0.4) is 0 Å². The third-order valence-corrected chi connectivity index (χ3v) is 6.84. The van der Waals surface area contributed by atoms with E-state index < -0.39 is 18.5 Å². The lowest BCUT2D eigenvalue weighted by Gasteiger charge is -2.09. The van der Waals surface area contributed by atoms with Gasteiger partial charge in [0.2, 0.25) is 0 Å². The Balaban J connectivity index is 1.27. The topological polar surface area (TPSA) is 230 Å². The summed E-state index contributed by atoms with van der Waals surface area (Å²) in [7, 11) is 0. The number of rotatable bonds is 11. The fourth-order valence-corrected chi connectivity index (χ4v) is 4.32. The summed E-state index contributed by atoms with van der Waals surface area (Å²) in [4.78, 5) is 22.0. The molecule has 0 aliphatic rings. The average molecular weight is 645 g/mol. The zero-order valence-corrected chi connectivity index (χ0v) is 25.3. The molecule has 5 aromatic rings. The quantitative estimate of drug-likeness (QED) is 0.0686. The summed E-state index contributed by atoms with van der Waals surface area (Å²) in [5.41, 5.74) is 17.8. The van der Waals surface area contributed by atoms with E-state index in [1.165, 1.54) is 24.3 Å². The van der Waals surface area contributed by atoms with E-state index in [2.05, 4.69) is 30.7 Å². The number of benzene rings is 5.